The van der Waals surface area contributed by atoms with Gasteiger partial charge in [-0.2, -0.15) is 0 Å². The van der Waals surface area contributed by atoms with Crippen LogP contribution in [0.4, 0.5) is 0 Å². The van der Waals surface area contributed by atoms with Crippen LogP contribution in [0.3, 0.4) is 0 Å². The number of rotatable bonds is 2. The van der Waals surface area contributed by atoms with Crippen LogP contribution >= 0.6 is 8.25 Å². The lowest BCUT2D eigenvalue weighted by Crippen LogP contribution is -1.78. The van der Waals surface area contributed by atoms with Gasteiger partial charge in [0.2, 0.25) is 0 Å². The molecule has 1 unspecified atom stereocenters. The summed E-state index contributed by atoms with van der Waals surface area (Å²) in [6, 6.07) is 0. The Kier molecular flexibility index (Phi) is 3.17. The van der Waals surface area contributed by atoms with Crippen molar-refractivity contribution in [2.24, 2.45) is 0 Å². The van der Waals surface area contributed by atoms with Crippen LogP contribution < -0.4 is 0 Å². The zero-order valence-electron chi connectivity index (χ0n) is 2.87. The summed E-state index contributed by atoms with van der Waals surface area (Å²) in [6.45, 7) is -0.703. The van der Waals surface area contributed by atoms with Crippen molar-refractivity contribution in [1.82, 2.24) is 0 Å². The third kappa shape index (κ3) is 3.98. The Balaban J connectivity index is 2.83. The van der Waals surface area contributed by atoms with E-state index in [-0.39, 0.29) is 0 Å². The molecule has 0 bridgehead atoms. The van der Waals surface area contributed by atoms with Gasteiger partial charge in [-0.1, -0.05) is 0 Å². The van der Waals surface area contributed by atoms with Crippen LogP contribution in [0, 0.1) is 0 Å². The molecule has 0 saturated carbocycles. The lowest BCUT2D eigenvalue weighted by atomic mass is 11.6. The first kappa shape index (κ1) is 5.98. The van der Waals surface area contributed by atoms with E-state index in [1.165, 1.54) is 0 Å². The van der Waals surface area contributed by atoms with Crippen LogP contribution in [-0.2, 0) is 9.09 Å². The fourth-order valence-corrected chi connectivity index (χ4v) is 0.148. The van der Waals surface area contributed by atoms with Gasteiger partial charge in [0.05, 0.1) is 0 Å². The molecule has 0 aliphatic rings. The molecule has 0 aromatic heterocycles. The molecular weight excluding hydrogens is 107 g/mol. The highest BCUT2D eigenvalue weighted by atomic mass is 31.1. The number of aliphatic hydroxyl groups is 1. The van der Waals surface area contributed by atoms with Gasteiger partial charge in [0.1, 0.15) is 0 Å². The van der Waals surface area contributed by atoms with Crippen LogP contribution in [0.2, 0.25) is 0 Å². The van der Waals surface area contributed by atoms with E-state index in [1.807, 2.05) is 0 Å². The van der Waals surface area contributed by atoms with E-state index < -0.39 is 15.0 Å². The van der Waals surface area contributed by atoms with Crippen molar-refractivity contribution >= 4 is 8.25 Å². The van der Waals surface area contributed by atoms with E-state index in [9.17, 15) is 4.57 Å². The minimum Gasteiger partial charge on any atom is -0.370 e. The molecule has 0 aliphatic heterocycles. The number of hydrogen-bond acceptors (Lipinski definition) is 3. The summed E-state index contributed by atoms with van der Waals surface area (Å²) in [7, 11) is -2.60. The zero-order valence-corrected chi connectivity index (χ0v) is 3.76. The number of hydrogen-bond donors (Lipinski definition) is 2. The minimum atomic E-state index is -2.60. The van der Waals surface area contributed by atoms with Gasteiger partial charge in [-0.15, -0.1) is 0 Å². The largest absolute Gasteiger partial charge is 0.370 e. The second-order valence-corrected chi connectivity index (χ2v) is 1.23. The zero-order chi connectivity index (χ0) is 4.99. The highest BCUT2D eigenvalue weighted by molar-refractivity contribution is 7.32. The van der Waals surface area contributed by atoms with Gasteiger partial charge in [0, 0.05) is 0 Å². The molecule has 0 aromatic rings. The Hall–Kier alpha value is -0.0200. The molecule has 1 radical (unpaired) electrons. The molecule has 0 amide bonds. The van der Waals surface area contributed by atoms with Gasteiger partial charge in [-0.05, 0) is 0 Å². The maximum atomic E-state index is 9.37. The first-order chi connectivity index (χ1) is 2.77. The Bertz CT molecular complexity index is 51.5. The summed E-state index contributed by atoms with van der Waals surface area (Å²) in [6.07, 6.45) is 0. The van der Waals surface area contributed by atoms with Crippen LogP contribution in [0.15, 0.2) is 0 Å². The lowest BCUT2D eigenvalue weighted by molar-refractivity contribution is 0.0946. The first-order valence-corrected chi connectivity index (χ1v) is 2.30. The van der Waals surface area contributed by atoms with Crippen molar-refractivity contribution < 1.29 is 19.1 Å². The van der Waals surface area contributed by atoms with Crippen molar-refractivity contribution in [2.75, 3.05) is 6.79 Å². The Morgan fingerprint density at radius 1 is 1.83 bits per heavy atom. The first-order valence-electron chi connectivity index (χ1n) is 1.17. The van der Waals surface area contributed by atoms with Gasteiger partial charge < -0.3 is 5.11 Å². The lowest BCUT2D eigenvalue weighted by Gasteiger charge is -1.83. The van der Waals surface area contributed by atoms with E-state index in [2.05, 4.69) is 4.52 Å². The van der Waals surface area contributed by atoms with Crippen LogP contribution in [0.1, 0.15) is 0 Å². The van der Waals surface area contributed by atoms with Crippen molar-refractivity contribution in [2.45, 2.75) is 0 Å². The fraction of sp³-hybridized carbons (Fsp3) is 1.00. The smallest absolute Gasteiger partial charge is 0.368 e. The average molecular weight is 111 g/mol. The molecule has 37 valence electrons. The monoisotopic (exact) mass is 111 g/mol. The van der Waals surface area contributed by atoms with Gasteiger partial charge in [0.25, 0.3) is 0 Å². The van der Waals surface area contributed by atoms with Crippen molar-refractivity contribution in [3.05, 3.63) is 0 Å². The van der Waals surface area contributed by atoms with Crippen LogP contribution in [-0.4, -0.2) is 16.8 Å². The molecule has 4 nitrogen and oxygen atoms in total. The third-order valence-corrected chi connectivity index (χ3v) is 0.505. The van der Waals surface area contributed by atoms with Gasteiger partial charge >= 0.3 is 8.25 Å². The van der Waals surface area contributed by atoms with Crippen molar-refractivity contribution in [3.63, 3.8) is 0 Å². The van der Waals surface area contributed by atoms with E-state index >= 15 is 0 Å². The van der Waals surface area contributed by atoms with Gasteiger partial charge in [0.15, 0.2) is 6.79 Å². The maximum Gasteiger partial charge on any atom is 0.368 e. The molecule has 0 heterocycles. The molecule has 0 aliphatic carbocycles. The molecule has 6 heavy (non-hydrogen) atoms. The molecule has 0 spiro atoms. The standard InChI is InChI=1S/CH4O4P/c2-1-5-6(3)4/h2H,1H2,(H,3,4). The quantitative estimate of drug-likeness (QED) is 0.376. The van der Waals surface area contributed by atoms with Crippen LogP contribution in [0.5, 0.6) is 0 Å². The normalized spacial score (nSPS) is 11.3. The van der Waals surface area contributed by atoms with Gasteiger partial charge in [-0.25, -0.2) is 4.57 Å². The fourth-order valence-electron chi connectivity index (χ4n) is 0.0494. The summed E-state index contributed by atoms with van der Waals surface area (Å²) in [4.78, 5) is 7.68. The molecule has 2 N–H and O–H groups in total. The molecule has 0 fully saturated rings. The minimum absolute atomic E-state index is 0.703. The Morgan fingerprint density at radius 3 is 2.33 bits per heavy atom. The Labute approximate surface area is 35.3 Å². The van der Waals surface area contributed by atoms with Crippen molar-refractivity contribution in [1.29, 1.82) is 0 Å². The van der Waals surface area contributed by atoms with E-state index in [0.717, 1.165) is 0 Å². The second-order valence-electron chi connectivity index (χ2n) is 0.496. The van der Waals surface area contributed by atoms with E-state index in [1.54, 1.807) is 0 Å². The Morgan fingerprint density at radius 2 is 2.33 bits per heavy atom. The van der Waals surface area contributed by atoms with Gasteiger partial charge in [-0.3, -0.25) is 9.42 Å². The molecule has 0 saturated heterocycles. The summed E-state index contributed by atoms with van der Waals surface area (Å²) < 4.78 is 13.0. The maximum absolute atomic E-state index is 9.37. The van der Waals surface area contributed by atoms with Crippen LogP contribution in [0.25, 0.3) is 0 Å². The number of aliphatic hydroxyl groups excluding tert-OH is 1. The summed E-state index contributed by atoms with van der Waals surface area (Å²) in [5.41, 5.74) is 0. The molecule has 0 rings (SSSR count). The predicted molar refractivity (Wildman–Crippen MR) is 18.0 cm³/mol. The predicted octanol–water partition coefficient (Wildman–Crippen LogP) is -0.398. The van der Waals surface area contributed by atoms with Crippen molar-refractivity contribution in [3.8, 4) is 0 Å². The highest BCUT2D eigenvalue weighted by Crippen LogP contribution is 2.11. The SMILES string of the molecule is O=[P](O)OCO. The third-order valence-electron chi connectivity index (χ3n) is 0.168. The summed E-state index contributed by atoms with van der Waals surface area (Å²) >= 11 is 0. The van der Waals surface area contributed by atoms with E-state index in [4.69, 9.17) is 10.00 Å². The average Bonchev–Trinajstić information content (AvgIpc) is 1.35. The van der Waals surface area contributed by atoms with E-state index in [0.29, 0.717) is 0 Å². The molecule has 5 heteroatoms. The molecular formula is CH4O4P. The highest BCUT2D eigenvalue weighted by Gasteiger charge is 1.85. The topological polar surface area (TPSA) is 66.8 Å². The summed E-state index contributed by atoms with van der Waals surface area (Å²) in [5, 5.41) is 7.67. The molecule has 1 atom stereocenters. The molecule has 0 aromatic carbocycles. The summed E-state index contributed by atoms with van der Waals surface area (Å²) in [5.74, 6) is 0. The second kappa shape index (κ2) is 3.18.